The van der Waals surface area contributed by atoms with Crippen LogP contribution in [0.2, 0.25) is 0 Å². The van der Waals surface area contributed by atoms with Crippen LogP contribution in [0.1, 0.15) is 11.9 Å². The molecule has 1 rings (SSSR count). The summed E-state index contributed by atoms with van der Waals surface area (Å²) >= 11 is 1.31. The van der Waals surface area contributed by atoms with Crippen LogP contribution in [-0.4, -0.2) is 35.1 Å². The molecule has 4 N–H and O–H groups in total. The Morgan fingerprint density at radius 2 is 2.12 bits per heavy atom. The number of aryl methyl sites for hydroxylation is 1. The van der Waals surface area contributed by atoms with Gasteiger partial charge in [-0.3, -0.25) is 14.9 Å². The third-order valence-electron chi connectivity index (χ3n) is 1.65. The van der Waals surface area contributed by atoms with Crippen molar-refractivity contribution in [3.8, 4) is 0 Å². The number of carbonyl (C=O) groups is 2. The Hall–Kier alpha value is -1.54. The molecule has 0 aliphatic rings. The van der Waals surface area contributed by atoms with Gasteiger partial charge < -0.3 is 11.1 Å². The van der Waals surface area contributed by atoms with Crippen molar-refractivity contribution in [2.24, 2.45) is 5.73 Å². The lowest BCUT2D eigenvalue weighted by atomic mass is 10.5. The van der Waals surface area contributed by atoms with E-state index in [1.54, 1.807) is 0 Å². The molecule has 16 heavy (non-hydrogen) atoms. The van der Waals surface area contributed by atoms with Gasteiger partial charge in [0.1, 0.15) is 5.01 Å². The summed E-state index contributed by atoms with van der Waals surface area (Å²) in [4.78, 5) is 22.1. The monoisotopic (exact) mass is 243 g/mol. The zero-order valence-electron chi connectivity index (χ0n) is 8.82. The van der Waals surface area contributed by atoms with Crippen LogP contribution in [0.5, 0.6) is 0 Å². The number of rotatable bonds is 5. The van der Waals surface area contributed by atoms with E-state index in [0.29, 0.717) is 5.13 Å². The highest BCUT2D eigenvalue weighted by atomic mass is 32.1. The lowest BCUT2D eigenvalue weighted by Gasteiger charge is -2.02. The van der Waals surface area contributed by atoms with Crippen molar-refractivity contribution in [3.63, 3.8) is 0 Å². The first-order valence-corrected chi connectivity index (χ1v) is 5.56. The number of anilines is 1. The summed E-state index contributed by atoms with van der Waals surface area (Å²) in [7, 11) is 0. The number of carbonyl (C=O) groups excluding carboxylic acids is 2. The van der Waals surface area contributed by atoms with Crippen molar-refractivity contribution >= 4 is 28.3 Å². The molecule has 0 unspecified atom stereocenters. The summed E-state index contributed by atoms with van der Waals surface area (Å²) in [5, 5.41) is 13.8. The van der Waals surface area contributed by atoms with Crippen LogP contribution >= 0.6 is 11.3 Å². The van der Waals surface area contributed by atoms with Gasteiger partial charge in [0.25, 0.3) is 0 Å². The molecule has 0 aliphatic carbocycles. The Morgan fingerprint density at radius 3 is 2.69 bits per heavy atom. The van der Waals surface area contributed by atoms with Crippen molar-refractivity contribution in [2.45, 2.75) is 13.3 Å². The molecule has 0 aromatic carbocycles. The molecule has 0 aliphatic heterocycles. The van der Waals surface area contributed by atoms with Gasteiger partial charge in [-0.25, -0.2) is 0 Å². The summed E-state index contributed by atoms with van der Waals surface area (Å²) < 4.78 is 0. The molecule has 0 bridgehead atoms. The Morgan fingerprint density at radius 1 is 1.38 bits per heavy atom. The molecule has 0 saturated carbocycles. The molecule has 0 fully saturated rings. The Balaban J connectivity index is 2.36. The first kappa shape index (κ1) is 12.5. The van der Waals surface area contributed by atoms with E-state index in [1.165, 1.54) is 11.3 Å². The number of aromatic nitrogens is 2. The van der Waals surface area contributed by atoms with Gasteiger partial charge in [-0.1, -0.05) is 18.3 Å². The molecule has 0 spiro atoms. The van der Waals surface area contributed by atoms with E-state index in [1.807, 2.05) is 6.92 Å². The largest absolute Gasteiger partial charge is 0.346 e. The van der Waals surface area contributed by atoms with E-state index in [-0.39, 0.29) is 24.9 Å². The maximum Gasteiger partial charge on any atom is 0.245 e. The molecule has 0 radical (unpaired) electrons. The van der Waals surface area contributed by atoms with Crippen molar-refractivity contribution in [3.05, 3.63) is 5.01 Å². The molecule has 7 nitrogen and oxygen atoms in total. The lowest BCUT2D eigenvalue weighted by molar-refractivity contribution is -0.123. The van der Waals surface area contributed by atoms with Gasteiger partial charge in [0.05, 0.1) is 13.1 Å². The van der Waals surface area contributed by atoms with Crippen LogP contribution in [0, 0.1) is 0 Å². The van der Waals surface area contributed by atoms with E-state index in [9.17, 15) is 9.59 Å². The summed E-state index contributed by atoms with van der Waals surface area (Å²) in [5.74, 6) is -0.720. The minimum absolute atomic E-state index is 0.114. The smallest absolute Gasteiger partial charge is 0.245 e. The molecular formula is C8H13N5O2S. The van der Waals surface area contributed by atoms with Crippen LogP contribution in [0.25, 0.3) is 0 Å². The van der Waals surface area contributed by atoms with Gasteiger partial charge in [0.2, 0.25) is 16.9 Å². The van der Waals surface area contributed by atoms with Gasteiger partial charge in [0, 0.05) is 0 Å². The lowest BCUT2D eigenvalue weighted by Crippen LogP contribution is -2.36. The fourth-order valence-corrected chi connectivity index (χ4v) is 1.56. The van der Waals surface area contributed by atoms with E-state index < -0.39 is 0 Å². The Kier molecular flexibility index (Phi) is 4.80. The van der Waals surface area contributed by atoms with Crippen LogP contribution in [0.15, 0.2) is 0 Å². The molecule has 0 atom stereocenters. The summed E-state index contributed by atoms with van der Waals surface area (Å²) in [6.07, 6.45) is 0.775. The maximum atomic E-state index is 11.3. The summed E-state index contributed by atoms with van der Waals surface area (Å²) in [6, 6.07) is 0. The number of nitrogens with zero attached hydrogens (tertiary/aromatic N) is 2. The molecular weight excluding hydrogens is 230 g/mol. The zero-order valence-corrected chi connectivity index (χ0v) is 9.63. The quantitative estimate of drug-likeness (QED) is 0.621. The number of nitrogens with two attached hydrogens (primary N) is 1. The van der Waals surface area contributed by atoms with Crippen molar-refractivity contribution in [2.75, 3.05) is 18.4 Å². The maximum absolute atomic E-state index is 11.3. The predicted molar refractivity (Wildman–Crippen MR) is 60.0 cm³/mol. The second-order valence-corrected chi connectivity index (χ2v) is 3.95. The first-order chi connectivity index (χ1) is 7.65. The molecule has 88 valence electrons. The highest BCUT2D eigenvalue weighted by Gasteiger charge is 2.07. The molecule has 1 aromatic rings. The van der Waals surface area contributed by atoms with E-state index in [4.69, 9.17) is 5.73 Å². The number of hydrogen-bond donors (Lipinski definition) is 3. The van der Waals surface area contributed by atoms with E-state index in [2.05, 4.69) is 20.8 Å². The zero-order chi connectivity index (χ0) is 12.0. The number of nitrogens with one attached hydrogen (secondary N) is 2. The highest BCUT2D eigenvalue weighted by molar-refractivity contribution is 7.15. The van der Waals surface area contributed by atoms with Gasteiger partial charge in [-0.05, 0) is 6.42 Å². The topological polar surface area (TPSA) is 110 Å². The second kappa shape index (κ2) is 6.13. The second-order valence-electron chi connectivity index (χ2n) is 2.88. The summed E-state index contributed by atoms with van der Waals surface area (Å²) in [6.45, 7) is 1.71. The third-order valence-corrected chi connectivity index (χ3v) is 2.63. The molecule has 2 amide bonds. The molecule has 0 saturated heterocycles. The first-order valence-electron chi connectivity index (χ1n) is 4.74. The number of amides is 2. The predicted octanol–water partition coefficient (Wildman–Crippen LogP) is -0.886. The van der Waals surface area contributed by atoms with E-state index >= 15 is 0 Å². The Labute approximate surface area is 96.4 Å². The Bertz CT molecular complexity index is 378. The van der Waals surface area contributed by atoms with Gasteiger partial charge in [-0.2, -0.15) is 0 Å². The van der Waals surface area contributed by atoms with Crippen molar-refractivity contribution in [1.29, 1.82) is 0 Å². The van der Waals surface area contributed by atoms with Crippen LogP contribution in [0.3, 0.4) is 0 Å². The van der Waals surface area contributed by atoms with Gasteiger partial charge >= 0.3 is 0 Å². The van der Waals surface area contributed by atoms with Crippen LogP contribution < -0.4 is 16.4 Å². The third kappa shape index (κ3) is 3.91. The van der Waals surface area contributed by atoms with Crippen LogP contribution in [0.4, 0.5) is 5.13 Å². The SMILES string of the molecule is CCc1nnc(NC(=O)CNC(=O)CN)s1. The number of hydrogen-bond acceptors (Lipinski definition) is 6. The fraction of sp³-hybridized carbons (Fsp3) is 0.500. The van der Waals surface area contributed by atoms with Crippen molar-refractivity contribution in [1.82, 2.24) is 15.5 Å². The summed E-state index contributed by atoms with van der Waals surface area (Å²) in [5.41, 5.74) is 5.07. The molecule has 1 aromatic heterocycles. The molecule has 1 heterocycles. The fourth-order valence-electron chi connectivity index (χ4n) is 0.861. The average molecular weight is 243 g/mol. The van der Waals surface area contributed by atoms with Gasteiger partial charge in [-0.15, -0.1) is 10.2 Å². The van der Waals surface area contributed by atoms with Crippen molar-refractivity contribution < 1.29 is 9.59 Å². The van der Waals surface area contributed by atoms with E-state index in [0.717, 1.165) is 11.4 Å². The van der Waals surface area contributed by atoms with Gasteiger partial charge in [0.15, 0.2) is 0 Å². The molecule has 8 heteroatoms. The minimum Gasteiger partial charge on any atom is -0.346 e. The van der Waals surface area contributed by atoms with Crippen LogP contribution in [-0.2, 0) is 16.0 Å². The normalized spacial score (nSPS) is 9.88. The minimum atomic E-state index is -0.373. The standard InChI is InChI=1S/C8H13N5O2S/c1-2-7-12-13-8(16-7)11-6(15)4-10-5(14)3-9/h2-4,9H2,1H3,(H,10,14)(H,11,13,15). The average Bonchev–Trinajstić information content (AvgIpc) is 2.73. The highest BCUT2D eigenvalue weighted by Crippen LogP contribution is 2.14.